The van der Waals surface area contributed by atoms with E-state index in [0.717, 1.165) is 0 Å². The minimum absolute atomic E-state index is 0.0430. The number of nitrogens with one attached hydrogen (secondary N) is 1. The predicted molar refractivity (Wildman–Crippen MR) is 57.3 cm³/mol. The maximum absolute atomic E-state index is 11.7. The summed E-state index contributed by atoms with van der Waals surface area (Å²) in [6.45, 7) is 1.76. The van der Waals surface area contributed by atoms with Crippen molar-refractivity contribution in [3.05, 3.63) is 41.6 Å². The quantitative estimate of drug-likeness (QED) is 0.807. The highest BCUT2D eigenvalue weighted by molar-refractivity contribution is 6.03. The molecule has 2 N–H and O–H groups in total. The monoisotopic (exact) mass is 218 g/mol. The van der Waals surface area contributed by atoms with Crippen LogP contribution in [-0.2, 0) is 0 Å². The fourth-order valence-electron chi connectivity index (χ4n) is 1.25. The molecule has 0 spiro atoms. The Morgan fingerprint density at radius 3 is 2.88 bits per heavy atom. The first kappa shape index (κ1) is 10.2. The highest BCUT2D eigenvalue weighted by Gasteiger charge is 2.09. The molecule has 1 heterocycles. The molecule has 16 heavy (non-hydrogen) atoms. The Balaban J connectivity index is 2.14. The molecule has 5 heteroatoms. The van der Waals surface area contributed by atoms with Crippen molar-refractivity contribution in [2.24, 2.45) is 0 Å². The van der Waals surface area contributed by atoms with Gasteiger partial charge < -0.3 is 9.63 Å². The third-order valence-corrected chi connectivity index (χ3v) is 1.97. The zero-order chi connectivity index (χ0) is 11.5. The van der Waals surface area contributed by atoms with Gasteiger partial charge >= 0.3 is 0 Å². The Kier molecular flexibility index (Phi) is 2.59. The zero-order valence-corrected chi connectivity index (χ0v) is 8.60. The molecule has 0 fully saturated rings. The number of benzene rings is 1. The van der Waals surface area contributed by atoms with Crippen molar-refractivity contribution in [2.45, 2.75) is 6.92 Å². The van der Waals surface area contributed by atoms with Gasteiger partial charge in [0.15, 0.2) is 0 Å². The minimum atomic E-state index is -0.355. The van der Waals surface area contributed by atoms with E-state index in [1.807, 2.05) is 0 Å². The molecule has 0 saturated carbocycles. The number of phenolic OH excluding ortho intramolecular Hbond substituents is 1. The molecule has 0 radical (unpaired) electrons. The van der Waals surface area contributed by atoms with Crippen LogP contribution in [0.15, 0.2) is 34.9 Å². The van der Waals surface area contributed by atoms with Gasteiger partial charge in [-0.1, -0.05) is 11.2 Å². The number of aryl methyl sites for hydroxylation is 1. The van der Waals surface area contributed by atoms with E-state index < -0.39 is 0 Å². The summed E-state index contributed by atoms with van der Waals surface area (Å²) >= 11 is 0. The number of anilines is 1. The molecule has 0 bridgehead atoms. The van der Waals surface area contributed by atoms with E-state index >= 15 is 0 Å². The maximum atomic E-state index is 11.7. The lowest BCUT2D eigenvalue weighted by Crippen LogP contribution is -2.10. The number of carbonyl (C=O) groups is 1. The summed E-state index contributed by atoms with van der Waals surface area (Å²) in [7, 11) is 0. The number of nitrogens with zero attached hydrogens (tertiary/aromatic N) is 1. The fourth-order valence-corrected chi connectivity index (χ4v) is 1.25. The Labute approximate surface area is 91.7 Å². The van der Waals surface area contributed by atoms with Crippen LogP contribution in [0.2, 0.25) is 0 Å². The van der Waals surface area contributed by atoms with E-state index in [1.54, 1.807) is 25.1 Å². The van der Waals surface area contributed by atoms with E-state index in [1.165, 1.54) is 12.1 Å². The van der Waals surface area contributed by atoms with Crippen LogP contribution in [-0.4, -0.2) is 16.2 Å². The smallest absolute Gasteiger partial charge is 0.258 e. The topological polar surface area (TPSA) is 75.4 Å². The summed E-state index contributed by atoms with van der Waals surface area (Å²) in [5, 5.41) is 15.4. The SMILES string of the molecule is Cc1cc(NC(=O)c2cccc(O)c2)on1. The second-order valence-electron chi connectivity index (χ2n) is 3.34. The Bertz CT molecular complexity index is 519. The van der Waals surface area contributed by atoms with E-state index in [9.17, 15) is 9.90 Å². The van der Waals surface area contributed by atoms with E-state index in [4.69, 9.17) is 4.52 Å². The number of carbonyl (C=O) groups excluding carboxylic acids is 1. The van der Waals surface area contributed by atoms with Gasteiger partial charge in [-0.25, -0.2) is 0 Å². The van der Waals surface area contributed by atoms with Gasteiger partial charge in [-0.05, 0) is 25.1 Å². The number of amides is 1. The van der Waals surface area contributed by atoms with Crippen molar-refractivity contribution in [1.82, 2.24) is 5.16 Å². The van der Waals surface area contributed by atoms with Crippen molar-refractivity contribution in [1.29, 1.82) is 0 Å². The standard InChI is InChI=1S/C11H10N2O3/c1-7-5-10(16-13-7)12-11(15)8-3-2-4-9(14)6-8/h2-6,14H,1H3,(H,12,15). The molecule has 0 unspecified atom stereocenters. The lowest BCUT2D eigenvalue weighted by molar-refractivity contribution is 0.102. The first-order valence-corrected chi connectivity index (χ1v) is 4.69. The molecule has 0 aliphatic rings. The molecule has 2 aromatic rings. The molecule has 5 nitrogen and oxygen atoms in total. The highest BCUT2D eigenvalue weighted by atomic mass is 16.5. The van der Waals surface area contributed by atoms with Gasteiger partial charge in [0.1, 0.15) is 5.75 Å². The lowest BCUT2D eigenvalue weighted by atomic mass is 10.2. The van der Waals surface area contributed by atoms with Crippen LogP contribution in [0, 0.1) is 6.92 Å². The first-order chi connectivity index (χ1) is 7.65. The number of hydrogen-bond acceptors (Lipinski definition) is 4. The second-order valence-corrected chi connectivity index (χ2v) is 3.34. The zero-order valence-electron chi connectivity index (χ0n) is 8.60. The Morgan fingerprint density at radius 1 is 1.44 bits per heavy atom. The van der Waals surface area contributed by atoms with Crippen LogP contribution >= 0.6 is 0 Å². The number of phenols is 1. The van der Waals surface area contributed by atoms with Crippen LogP contribution in [0.3, 0.4) is 0 Å². The van der Waals surface area contributed by atoms with Crippen LogP contribution in [0.25, 0.3) is 0 Å². The van der Waals surface area contributed by atoms with Crippen molar-refractivity contribution < 1.29 is 14.4 Å². The summed E-state index contributed by atoms with van der Waals surface area (Å²) in [5.74, 6) is -0.0284. The van der Waals surface area contributed by atoms with Gasteiger partial charge in [-0.2, -0.15) is 0 Å². The fraction of sp³-hybridized carbons (Fsp3) is 0.0909. The third kappa shape index (κ3) is 2.20. The summed E-state index contributed by atoms with van der Waals surface area (Å²) in [4.78, 5) is 11.7. The summed E-state index contributed by atoms with van der Waals surface area (Å²) < 4.78 is 4.84. The molecular formula is C11H10N2O3. The van der Waals surface area contributed by atoms with E-state index in [-0.39, 0.29) is 17.5 Å². The molecule has 0 saturated heterocycles. The molecular weight excluding hydrogens is 208 g/mol. The number of aromatic nitrogens is 1. The largest absolute Gasteiger partial charge is 0.508 e. The number of rotatable bonds is 2. The van der Waals surface area contributed by atoms with Gasteiger partial charge in [0.25, 0.3) is 5.91 Å². The van der Waals surface area contributed by atoms with Crippen LogP contribution < -0.4 is 5.32 Å². The van der Waals surface area contributed by atoms with Gasteiger partial charge in [0.2, 0.25) is 5.88 Å². The normalized spacial score (nSPS) is 10.1. The second kappa shape index (κ2) is 4.06. The highest BCUT2D eigenvalue weighted by Crippen LogP contribution is 2.14. The Morgan fingerprint density at radius 2 is 2.25 bits per heavy atom. The molecule has 0 aliphatic heterocycles. The molecule has 82 valence electrons. The van der Waals surface area contributed by atoms with Crippen LogP contribution in [0.5, 0.6) is 5.75 Å². The van der Waals surface area contributed by atoms with E-state index in [0.29, 0.717) is 11.3 Å². The number of hydrogen-bond donors (Lipinski definition) is 2. The first-order valence-electron chi connectivity index (χ1n) is 4.69. The van der Waals surface area contributed by atoms with Crippen molar-refractivity contribution in [3.8, 4) is 5.75 Å². The average molecular weight is 218 g/mol. The molecule has 0 atom stereocenters. The minimum Gasteiger partial charge on any atom is -0.508 e. The third-order valence-electron chi connectivity index (χ3n) is 1.97. The van der Waals surface area contributed by atoms with Crippen LogP contribution in [0.1, 0.15) is 16.1 Å². The molecule has 1 aromatic carbocycles. The van der Waals surface area contributed by atoms with Crippen LogP contribution in [0.4, 0.5) is 5.88 Å². The van der Waals surface area contributed by atoms with Crippen molar-refractivity contribution in [3.63, 3.8) is 0 Å². The van der Waals surface area contributed by atoms with E-state index in [2.05, 4.69) is 10.5 Å². The number of aromatic hydroxyl groups is 1. The van der Waals surface area contributed by atoms with Gasteiger partial charge in [0.05, 0.1) is 5.69 Å². The molecule has 0 aliphatic carbocycles. The summed E-state index contributed by atoms with van der Waals surface area (Å²) in [6, 6.07) is 7.67. The van der Waals surface area contributed by atoms with Crippen molar-refractivity contribution in [2.75, 3.05) is 5.32 Å². The molecule has 1 aromatic heterocycles. The average Bonchev–Trinajstić information content (AvgIpc) is 2.64. The maximum Gasteiger partial charge on any atom is 0.258 e. The van der Waals surface area contributed by atoms with Crippen molar-refractivity contribution >= 4 is 11.8 Å². The van der Waals surface area contributed by atoms with Gasteiger partial charge in [-0.3, -0.25) is 10.1 Å². The molecule has 2 rings (SSSR count). The summed E-state index contributed by atoms with van der Waals surface area (Å²) in [5.41, 5.74) is 1.04. The Hall–Kier alpha value is -2.30. The molecule has 1 amide bonds. The van der Waals surface area contributed by atoms with Gasteiger partial charge in [0, 0.05) is 11.6 Å². The predicted octanol–water partition coefficient (Wildman–Crippen LogP) is 1.94. The summed E-state index contributed by atoms with van der Waals surface area (Å²) in [6.07, 6.45) is 0. The van der Waals surface area contributed by atoms with Gasteiger partial charge in [-0.15, -0.1) is 0 Å². The lowest BCUT2D eigenvalue weighted by Gasteiger charge is -2.01.